The topological polar surface area (TPSA) is 58.6 Å². The van der Waals surface area contributed by atoms with Crippen molar-refractivity contribution in [3.05, 3.63) is 35.4 Å². The van der Waals surface area contributed by atoms with Gasteiger partial charge in [0, 0.05) is 12.6 Å². The van der Waals surface area contributed by atoms with Gasteiger partial charge in [-0.05, 0) is 36.3 Å². The van der Waals surface area contributed by atoms with E-state index in [4.69, 9.17) is 4.74 Å². The van der Waals surface area contributed by atoms with Gasteiger partial charge in [0.25, 0.3) is 0 Å². The Balaban J connectivity index is 1.68. The second kappa shape index (κ2) is 8.00. The Morgan fingerprint density at radius 3 is 2.64 bits per heavy atom. The molecule has 2 aliphatic rings. The zero-order chi connectivity index (χ0) is 17.8. The first-order chi connectivity index (χ1) is 12.1. The number of esters is 1. The minimum atomic E-state index is -0.394. The number of amides is 1. The molecule has 1 saturated carbocycles. The Morgan fingerprint density at radius 1 is 1.20 bits per heavy atom. The van der Waals surface area contributed by atoms with Crippen molar-refractivity contribution in [2.75, 3.05) is 13.7 Å². The molecule has 1 fully saturated rings. The third-order valence-electron chi connectivity index (χ3n) is 5.62. The SMILES string of the molecule is COC(=O)[C@H]1Cc2ccccc2CN1CC(=O)N[C@H]1CCCC[C@H]1C. The summed E-state index contributed by atoms with van der Waals surface area (Å²) in [4.78, 5) is 26.7. The predicted octanol–water partition coefficient (Wildman–Crippen LogP) is 2.28. The van der Waals surface area contributed by atoms with Gasteiger partial charge in [-0.3, -0.25) is 14.5 Å². The van der Waals surface area contributed by atoms with Crippen molar-refractivity contribution in [1.82, 2.24) is 10.2 Å². The van der Waals surface area contributed by atoms with Crippen LogP contribution in [-0.2, 0) is 27.3 Å². The van der Waals surface area contributed by atoms with Gasteiger partial charge in [-0.25, -0.2) is 0 Å². The molecule has 1 heterocycles. The van der Waals surface area contributed by atoms with Crippen molar-refractivity contribution in [3.63, 3.8) is 0 Å². The molecule has 1 N–H and O–H groups in total. The summed E-state index contributed by atoms with van der Waals surface area (Å²) in [5, 5.41) is 3.18. The molecule has 1 aromatic rings. The van der Waals surface area contributed by atoms with Crippen molar-refractivity contribution in [2.24, 2.45) is 5.92 Å². The first kappa shape index (κ1) is 17.9. The summed E-state index contributed by atoms with van der Waals surface area (Å²) in [6.45, 7) is 3.04. The van der Waals surface area contributed by atoms with Gasteiger partial charge in [-0.1, -0.05) is 44.0 Å². The van der Waals surface area contributed by atoms with Crippen molar-refractivity contribution in [1.29, 1.82) is 0 Å². The van der Waals surface area contributed by atoms with Crippen molar-refractivity contribution in [3.8, 4) is 0 Å². The van der Waals surface area contributed by atoms with Crippen molar-refractivity contribution < 1.29 is 14.3 Å². The minimum Gasteiger partial charge on any atom is -0.468 e. The van der Waals surface area contributed by atoms with Gasteiger partial charge in [0.15, 0.2) is 0 Å². The number of ether oxygens (including phenoxy) is 1. The molecule has 0 saturated heterocycles. The highest BCUT2D eigenvalue weighted by molar-refractivity contribution is 5.81. The molecule has 1 amide bonds. The van der Waals surface area contributed by atoms with Gasteiger partial charge in [0.1, 0.15) is 6.04 Å². The van der Waals surface area contributed by atoms with Crippen molar-refractivity contribution in [2.45, 2.75) is 57.7 Å². The van der Waals surface area contributed by atoms with E-state index in [-0.39, 0.29) is 24.5 Å². The predicted molar refractivity (Wildman–Crippen MR) is 95.9 cm³/mol. The molecule has 0 unspecified atom stereocenters. The largest absolute Gasteiger partial charge is 0.468 e. The second-order valence-corrected chi connectivity index (χ2v) is 7.35. The van der Waals surface area contributed by atoms with Crippen LogP contribution in [0.5, 0.6) is 0 Å². The molecule has 25 heavy (non-hydrogen) atoms. The second-order valence-electron chi connectivity index (χ2n) is 7.35. The summed E-state index contributed by atoms with van der Waals surface area (Å²) in [5.41, 5.74) is 2.34. The van der Waals surface area contributed by atoms with Crippen LogP contribution in [-0.4, -0.2) is 42.5 Å². The maximum absolute atomic E-state index is 12.6. The molecule has 0 radical (unpaired) electrons. The highest BCUT2D eigenvalue weighted by atomic mass is 16.5. The van der Waals surface area contributed by atoms with Crippen LogP contribution in [0.15, 0.2) is 24.3 Å². The van der Waals surface area contributed by atoms with Gasteiger partial charge in [0.2, 0.25) is 5.91 Å². The fourth-order valence-corrected chi connectivity index (χ4v) is 4.08. The maximum Gasteiger partial charge on any atom is 0.323 e. The summed E-state index contributed by atoms with van der Waals surface area (Å²) in [7, 11) is 1.41. The molecular weight excluding hydrogens is 316 g/mol. The molecule has 5 nitrogen and oxygen atoms in total. The van der Waals surface area contributed by atoms with E-state index in [1.165, 1.54) is 31.9 Å². The highest BCUT2D eigenvalue weighted by Crippen LogP contribution is 2.25. The maximum atomic E-state index is 12.6. The van der Waals surface area contributed by atoms with Crippen LogP contribution in [0.25, 0.3) is 0 Å². The van der Waals surface area contributed by atoms with E-state index < -0.39 is 6.04 Å². The zero-order valence-electron chi connectivity index (χ0n) is 15.2. The first-order valence-electron chi connectivity index (χ1n) is 9.26. The Kier molecular flexibility index (Phi) is 5.74. The third-order valence-corrected chi connectivity index (χ3v) is 5.62. The number of carbonyl (C=O) groups excluding carboxylic acids is 2. The average molecular weight is 344 g/mol. The standard InChI is InChI=1S/C20H28N2O3/c1-14-7-3-6-10-17(14)21-19(23)13-22-12-16-9-5-4-8-15(16)11-18(22)20(24)25-2/h4-5,8-9,14,17-18H,3,6-7,10-13H2,1-2H3,(H,21,23)/t14-,17+,18-/m1/s1. The fourth-order valence-electron chi connectivity index (χ4n) is 4.08. The minimum absolute atomic E-state index is 0.00651. The molecule has 3 rings (SSSR count). The van der Waals surface area contributed by atoms with E-state index in [0.717, 1.165) is 12.0 Å². The number of methoxy groups -OCH3 is 1. The molecule has 1 aromatic carbocycles. The van der Waals surface area contributed by atoms with Crippen LogP contribution in [0.1, 0.15) is 43.7 Å². The summed E-state index contributed by atoms with van der Waals surface area (Å²) in [6, 6.07) is 7.96. The van der Waals surface area contributed by atoms with Crippen LogP contribution in [0.2, 0.25) is 0 Å². The monoisotopic (exact) mass is 344 g/mol. The lowest BCUT2D eigenvalue weighted by Gasteiger charge is -2.35. The summed E-state index contributed by atoms with van der Waals surface area (Å²) in [5.74, 6) is 0.261. The van der Waals surface area contributed by atoms with Gasteiger partial charge >= 0.3 is 5.97 Å². The number of benzene rings is 1. The summed E-state index contributed by atoms with van der Waals surface area (Å²) in [6.07, 6.45) is 5.25. The zero-order valence-corrected chi connectivity index (χ0v) is 15.2. The van der Waals surface area contributed by atoms with E-state index in [1.54, 1.807) is 0 Å². The Labute approximate surface area is 149 Å². The summed E-state index contributed by atoms with van der Waals surface area (Å²) < 4.78 is 4.97. The lowest BCUT2D eigenvalue weighted by Crippen LogP contribution is -2.52. The number of nitrogens with one attached hydrogen (secondary N) is 1. The van der Waals surface area contributed by atoms with Gasteiger partial charge < -0.3 is 10.1 Å². The third kappa shape index (κ3) is 4.21. The smallest absolute Gasteiger partial charge is 0.323 e. The molecule has 3 atom stereocenters. The molecular formula is C20H28N2O3. The average Bonchev–Trinajstić information content (AvgIpc) is 2.62. The van der Waals surface area contributed by atoms with Crippen LogP contribution in [0, 0.1) is 5.92 Å². The van der Waals surface area contributed by atoms with E-state index in [2.05, 4.69) is 18.3 Å². The molecule has 1 aliphatic carbocycles. The quantitative estimate of drug-likeness (QED) is 0.852. The van der Waals surface area contributed by atoms with E-state index in [0.29, 0.717) is 18.9 Å². The lowest BCUT2D eigenvalue weighted by molar-refractivity contribution is -0.148. The van der Waals surface area contributed by atoms with E-state index in [1.807, 2.05) is 23.1 Å². The van der Waals surface area contributed by atoms with Gasteiger partial charge in [-0.2, -0.15) is 0 Å². The number of hydrogen-bond donors (Lipinski definition) is 1. The first-order valence-corrected chi connectivity index (χ1v) is 9.26. The Hall–Kier alpha value is -1.88. The normalized spacial score (nSPS) is 26.6. The number of fused-ring (bicyclic) bond motifs is 1. The number of carbonyl (C=O) groups is 2. The van der Waals surface area contributed by atoms with Crippen LogP contribution < -0.4 is 5.32 Å². The molecule has 1 aliphatic heterocycles. The summed E-state index contributed by atoms with van der Waals surface area (Å²) >= 11 is 0. The van der Waals surface area contributed by atoms with Crippen LogP contribution in [0.4, 0.5) is 0 Å². The molecule has 0 bridgehead atoms. The Morgan fingerprint density at radius 2 is 1.92 bits per heavy atom. The van der Waals surface area contributed by atoms with Crippen LogP contribution in [0.3, 0.4) is 0 Å². The highest BCUT2D eigenvalue weighted by Gasteiger charge is 2.34. The number of rotatable bonds is 4. The number of hydrogen-bond acceptors (Lipinski definition) is 4. The van der Waals surface area contributed by atoms with Gasteiger partial charge in [0.05, 0.1) is 13.7 Å². The van der Waals surface area contributed by atoms with Crippen LogP contribution >= 0.6 is 0 Å². The molecule has 0 aromatic heterocycles. The number of nitrogens with zero attached hydrogens (tertiary/aromatic N) is 1. The van der Waals surface area contributed by atoms with Crippen molar-refractivity contribution >= 4 is 11.9 Å². The Bertz CT molecular complexity index is 631. The molecule has 5 heteroatoms. The molecule has 136 valence electrons. The lowest BCUT2D eigenvalue weighted by atomic mass is 9.86. The fraction of sp³-hybridized carbons (Fsp3) is 0.600. The van der Waals surface area contributed by atoms with E-state index >= 15 is 0 Å². The van der Waals surface area contributed by atoms with E-state index in [9.17, 15) is 9.59 Å². The molecule has 0 spiro atoms. The van der Waals surface area contributed by atoms with Gasteiger partial charge in [-0.15, -0.1) is 0 Å².